The third-order valence-electron chi connectivity index (χ3n) is 2.45. The molecule has 17 heavy (non-hydrogen) atoms. The van der Waals surface area contributed by atoms with Gasteiger partial charge >= 0.3 is 0 Å². The van der Waals surface area contributed by atoms with Crippen LogP contribution < -0.4 is 21.9 Å². The highest BCUT2D eigenvalue weighted by Crippen LogP contribution is 2.16. The average Bonchev–Trinajstić information content (AvgIpc) is 2.35. The van der Waals surface area contributed by atoms with Crippen molar-refractivity contribution in [2.45, 2.75) is 13.8 Å². The molecule has 0 unspecified atom stereocenters. The number of nitrogens with zero attached hydrogens (tertiary/aromatic N) is 1. The second kappa shape index (κ2) is 5.49. The Balaban J connectivity index is 2.63. The summed E-state index contributed by atoms with van der Waals surface area (Å²) in [6.45, 7) is 4.22. The van der Waals surface area contributed by atoms with Crippen molar-refractivity contribution in [3.05, 3.63) is 18.2 Å². The predicted molar refractivity (Wildman–Crippen MR) is 68.4 cm³/mol. The van der Waals surface area contributed by atoms with Gasteiger partial charge in [-0.15, -0.1) is 0 Å². The predicted octanol–water partition coefficient (Wildman–Crippen LogP) is 0.551. The van der Waals surface area contributed by atoms with Gasteiger partial charge in [-0.25, -0.2) is 10.8 Å². The quantitative estimate of drug-likeness (QED) is 0.443. The maximum absolute atomic E-state index is 11.6. The molecule has 94 valence electrons. The first-order valence-corrected chi connectivity index (χ1v) is 5.39. The van der Waals surface area contributed by atoms with E-state index in [0.29, 0.717) is 18.2 Å². The van der Waals surface area contributed by atoms with Crippen molar-refractivity contribution in [1.82, 2.24) is 10.3 Å². The van der Waals surface area contributed by atoms with Crippen molar-refractivity contribution in [2.24, 2.45) is 11.3 Å². The number of anilines is 2. The molecule has 0 fully saturated rings. The molecule has 0 saturated heterocycles. The van der Waals surface area contributed by atoms with Crippen LogP contribution in [0.3, 0.4) is 0 Å². The molecule has 1 rings (SSSR count). The molecule has 0 aliphatic heterocycles. The summed E-state index contributed by atoms with van der Waals surface area (Å²) in [5.41, 5.74) is 1.97. The average molecular weight is 237 g/mol. The lowest BCUT2D eigenvalue weighted by molar-refractivity contribution is -0.128. The van der Waals surface area contributed by atoms with Crippen LogP contribution in [0.2, 0.25) is 0 Å². The molecule has 0 radical (unpaired) electrons. The number of aromatic nitrogens is 1. The standard InChI is InChI=1S/C11H19N5O/c1-11(2,10(17)13-3)7-14-8-5-4-6-9(15-8)16-12/h4-6H,7,12H2,1-3H3,(H,13,17)(H2,14,15,16). The smallest absolute Gasteiger partial charge is 0.227 e. The Morgan fingerprint density at radius 3 is 2.65 bits per heavy atom. The fourth-order valence-electron chi connectivity index (χ4n) is 1.34. The second-order valence-electron chi connectivity index (χ2n) is 4.37. The summed E-state index contributed by atoms with van der Waals surface area (Å²) in [6, 6.07) is 5.41. The Bertz CT molecular complexity index is 391. The van der Waals surface area contributed by atoms with E-state index in [1.54, 1.807) is 13.1 Å². The van der Waals surface area contributed by atoms with Crippen LogP contribution in [0.15, 0.2) is 18.2 Å². The summed E-state index contributed by atoms with van der Waals surface area (Å²) < 4.78 is 0. The Labute approximate surface area is 101 Å². The number of hydrogen-bond donors (Lipinski definition) is 4. The molecule has 6 nitrogen and oxygen atoms in total. The van der Waals surface area contributed by atoms with Crippen molar-refractivity contribution in [1.29, 1.82) is 0 Å². The van der Waals surface area contributed by atoms with E-state index in [-0.39, 0.29) is 5.91 Å². The van der Waals surface area contributed by atoms with Crippen LogP contribution in [0.1, 0.15) is 13.8 Å². The lowest BCUT2D eigenvalue weighted by Crippen LogP contribution is -2.39. The zero-order valence-electron chi connectivity index (χ0n) is 10.4. The van der Waals surface area contributed by atoms with Gasteiger partial charge in [0.25, 0.3) is 0 Å². The van der Waals surface area contributed by atoms with E-state index >= 15 is 0 Å². The lowest BCUT2D eigenvalue weighted by atomic mass is 9.92. The molecule has 0 aliphatic rings. The Morgan fingerprint density at radius 1 is 1.41 bits per heavy atom. The van der Waals surface area contributed by atoms with Crippen LogP contribution in [0.25, 0.3) is 0 Å². The number of carbonyl (C=O) groups is 1. The maximum atomic E-state index is 11.6. The Morgan fingerprint density at radius 2 is 2.06 bits per heavy atom. The lowest BCUT2D eigenvalue weighted by Gasteiger charge is -2.23. The van der Waals surface area contributed by atoms with Crippen LogP contribution in [-0.4, -0.2) is 24.5 Å². The van der Waals surface area contributed by atoms with E-state index in [0.717, 1.165) is 0 Å². The fraction of sp³-hybridized carbons (Fsp3) is 0.455. The number of nitrogen functional groups attached to an aromatic ring is 1. The number of carbonyl (C=O) groups excluding carboxylic acids is 1. The number of hydrazine groups is 1. The number of pyridine rings is 1. The minimum absolute atomic E-state index is 0.0156. The van der Waals surface area contributed by atoms with E-state index in [2.05, 4.69) is 21.0 Å². The van der Waals surface area contributed by atoms with E-state index in [9.17, 15) is 4.79 Å². The van der Waals surface area contributed by atoms with Crippen molar-refractivity contribution < 1.29 is 4.79 Å². The van der Waals surface area contributed by atoms with Crippen molar-refractivity contribution in [3.8, 4) is 0 Å². The summed E-state index contributed by atoms with van der Waals surface area (Å²) in [7, 11) is 1.63. The highest BCUT2D eigenvalue weighted by Gasteiger charge is 2.26. The van der Waals surface area contributed by atoms with Crippen molar-refractivity contribution in [3.63, 3.8) is 0 Å². The SMILES string of the molecule is CNC(=O)C(C)(C)CNc1cccc(NN)n1. The molecule has 0 bridgehead atoms. The minimum atomic E-state index is -0.497. The number of nitrogens with two attached hydrogens (primary N) is 1. The molecule has 0 spiro atoms. The first-order valence-electron chi connectivity index (χ1n) is 5.39. The van der Waals surface area contributed by atoms with Crippen molar-refractivity contribution >= 4 is 17.5 Å². The van der Waals surface area contributed by atoms with Crippen LogP contribution >= 0.6 is 0 Å². The summed E-state index contributed by atoms with van der Waals surface area (Å²) in [4.78, 5) is 15.8. The molecule has 5 N–H and O–H groups in total. The molecule has 1 aromatic heterocycles. The molecule has 0 aliphatic carbocycles. The van der Waals surface area contributed by atoms with Gasteiger partial charge in [0.05, 0.1) is 5.41 Å². The van der Waals surface area contributed by atoms with E-state index in [1.807, 2.05) is 26.0 Å². The van der Waals surface area contributed by atoms with Gasteiger partial charge in [-0.3, -0.25) is 4.79 Å². The van der Waals surface area contributed by atoms with Gasteiger partial charge in [-0.05, 0) is 26.0 Å². The zero-order chi connectivity index (χ0) is 12.9. The largest absolute Gasteiger partial charge is 0.369 e. The normalized spacial score (nSPS) is 10.8. The highest BCUT2D eigenvalue weighted by atomic mass is 16.2. The Hall–Kier alpha value is -1.82. The molecule has 6 heteroatoms. The first-order chi connectivity index (χ1) is 7.99. The van der Waals surface area contributed by atoms with E-state index in [4.69, 9.17) is 5.84 Å². The molecule has 0 atom stereocenters. The first kappa shape index (κ1) is 13.2. The molecule has 0 saturated carbocycles. The van der Waals surface area contributed by atoms with Gasteiger partial charge in [-0.1, -0.05) is 6.07 Å². The van der Waals surface area contributed by atoms with E-state index in [1.165, 1.54) is 0 Å². The van der Waals surface area contributed by atoms with Gasteiger partial charge in [0.15, 0.2) is 0 Å². The third-order valence-corrected chi connectivity index (χ3v) is 2.45. The van der Waals surface area contributed by atoms with Gasteiger partial charge in [0.1, 0.15) is 11.6 Å². The van der Waals surface area contributed by atoms with Crippen molar-refractivity contribution in [2.75, 3.05) is 24.3 Å². The van der Waals surface area contributed by atoms with Gasteiger partial charge < -0.3 is 16.1 Å². The fourth-order valence-corrected chi connectivity index (χ4v) is 1.34. The summed E-state index contributed by atoms with van der Waals surface area (Å²) in [5, 5.41) is 5.74. The molecule has 1 heterocycles. The summed E-state index contributed by atoms with van der Waals surface area (Å²) in [5.74, 6) is 6.51. The van der Waals surface area contributed by atoms with Gasteiger partial charge in [0.2, 0.25) is 5.91 Å². The zero-order valence-corrected chi connectivity index (χ0v) is 10.4. The molecule has 1 amide bonds. The summed E-state index contributed by atoms with van der Waals surface area (Å²) >= 11 is 0. The Kier molecular flexibility index (Phi) is 4.28. The van der Waals surface area contributed by atoms with Crippen LogP contribution in [0.4, 0.5) is 11.6 Å². The monoisotopic (exact) mass is 237 g/mol. The maximum Gasteiger partial charge on any atom is 0.227 e. The topological polar surface area (TPSA) is 92.1 Å². The number of nitrogens with one attached hydrogen (secondary N) is 3. The molecule has 1 aromatic rings. The number of amides is 1. The molecular weight excluding hydrogens is 218 g/mol. The number of hydrogen-bond acceptors (Lipinski definition) is 5. The summed E-state index contributed by atoms with van der Waals surface area (Å²) in [6.07, 6.45) is 0. The van der Waals surface area contributed by atoms with Crippen LogP contribution in [0.5, 0.6) is 0 Å². The van der Waals surface area contributed by atoms with Gasteiger partial charge in [0, 0.05) is 13.6 Å². The molecular formula is C11H19N5O. The second-order valence-corrected chi connectivity index (χ2v) is 4.37. The van der Waals surface area contributed by atoms with Crippen LogP contribution in [-0.2, 0) is 4.79 Å². The minimum Gasteiger partial charge on any atom is -0.369 e. The molecule has 0 aromatic carbocycles. The van der Waals surface area contributed by atoms with E-state index < -0.39 is 5.41 Å². The van der Waals surface area contributed by atoms with Crippen LogP contribution in [0, 0.1) is 5.41 Å². The highest BCUT2D eigenvalue weighted by molar-refractivity contribution is 5.82. The number of rotatable bonds is 5. The third kappa shape index (κ3) is 3.60. The van der Waals surface area contributed by atoms with Gasteiger partial charge in [-0.2, -0.15) is 0 Å².